The van der Waals surface area contributed by atoms with E-state index in [1.165, 1.54) is 19.3 Å². The van der Waals surface area contributed by atoms with Gasteiger partial charge < -0.3 is 9.47 Å². The minimum absolute atomic E-state index is 0.171. The number of rotatable bonds is 0. The Morgan fingerprint density at radius 3 is 2.58 bits per heavy atom. The second kappa shape index (κ2) is 3.35. The summed E-state index contributed by atoms with van der Waals surface area (Å²) in [5.41, 5.74) is 0. The van der Waals surface area contributed by atoms with E-state index in [4.69, 9.17) is 9.47 Å². The predicted octanol–water partition coefficient (Wildman–Crippen LogP) is 2.47. The molecule has 2 rings (SSSR count). The first kappa shape index (κ1) is 8.52. The SMILES string of the molecule is C[C@H]1CCOC2(CCCCC2)O1. The standard InChI is InChI=1S/C10H18O2/c1-9-5-8-11-10(12-9)6-3-2-4-7-10/h9H,2-8H2,1H3/t9-/m0/s1. The minimum atomic E-state index is -0.171. The van der Waals surface area contributed by atoms with Crippen LogP contribution in [0.3, 0.4) is 0 Å². The average Bonchev–Trinajstić information content (AvgIpc) is 2.05. The van der Waals surface area contributed by atoms with Crippen molar-refractivity contribution in [3.8, 4) is 0 Å². The van der Waals surface area contributed by atoms with Crippen LogP contribution >= 0.6 is 0 Å². The van der Waals surface area contributed by atoms with Gasteiger partial charge in [0.05, 0.1) is 12.7 Å². The van der Waals surface area contributed by atoms with Gasteiger partial charge in [0.15, 0.2) is 5.79 Å². The van der Waals surface area contributed by atoms with Crippen molar-refractivity contribution in [2.24, 2.45) is 0 Å². The van der Waals surface area contributed by atoms with E-state index in [0.717, 1.165) is 25.9 Å². The molecule has 2 nitrogen and oxygen atoms in total. The summed E-state index contributed by atoms with van der Waals surface area (Å²) in [7, 11) is 0. The topological polar surface area (TPSA) is 18.5 Å². The van der Waals surface area contributed by atoms with E-state index < -0.39 is 0 Å². The van der Waals surface area contributed by atoms with Crippen LogP contribution in [0.15, 0.2) is 0 Å². The molecule has 0 aromatic carbocycles. The van der Waals surface area contributed by atoms with Gasteiger partial charge in [-0.25, -0.2) is 0 Å². The Morgan fingerprint density at radius 1 is 1.17 bits per heavy atom. The van der Waals surface area contributed by atoms with E-state index in [2.05, 4.69) is 6.92 Å². The van der Waals surface area contributed by atoms with Crippen LogP contribution in [0, 0.1) is 0 Å². The molecule has 0 N–H and O–H groups in total. The van der Waals surface area contributed by atoms with Crippen LogP contribution in [-0.4, -0.2) is 18.5 Å². The predicted molar refractivity (Wildman–Crippen MR) is 46.9 cm³/mol. The van der Waals surface area contributed by atoms with Gasteiger partial charge in [-0.3, -0.25) is 0 Å². The lowest BCUT2D eigenvalue weighted by molar-refractivity contribution is -0.301. The second-order valence-corrected chi connectivity index (χ2v) is 4.04. The van der Waals surface area contributed by atoms with Crippen LogP contribution in [0.25, 0.3) is 0 Å². The molecule has 70 valence electrons. The van der Waals surface area contributed by atoms with Gasteiger partial charge in [0.1, 0.15) is 0 Å². The van der Waals surface area contributed by atoms with Crippen LogP contribution in [0.4, 0.5) is 0 Å². The van der Waals surface area contributed by atoms with E-state index in [9.17, 15) is 0 Å². The Morgan fingerprint density at radius 2 is 1.92 bits per heavy atom. The quantitative estimate of drug-likeness (QED) is 0.556. The van der Waals surface area contributed by atoms with Crippen molar-refractivity contribution in [1.82, 2.24) is 0 Å². The Labute approximate surface area is 74.2 Å². The molecular weight excluding hydrogens is 152 g/mol. The smallest absolute Gasteiger partial charge is 0.168 e. The van der Waals surface area contributed by atoms with Gasteiger partial charge in [0, 0.05) is 12.8 Å². The molecule has 1 aliphatic carbocycles. The first-order valence-corrected chi connectivity index (χ1v) is 5.13. The maximum atomic E-state index is 5.89. The van der Waals surface area contributed by atoms with Crippen LogP contribution in [0.1, 0.15) is 45.4 Å². The van der Waals surface area contributed by atoms with Crippen molar-refractivity contribution >= 4 is 0 Å². The fourth-order valence-electron chi connectivity index (χ4n) is 2.22. The molecule has 2 fully saturated rings. The Kier molecular flexibility index (Phi) is 2.37. The number of ether oxygens (including phenoxy) is 2. The summed E-state index contributed by atoms with van der Waals surface area (Å²) in [6, 6.07) is 0. The maximum Gasteiger partial charge on any atom is 0.168 e. The summed E-state index contributed by atoms with van der Waals surface area (Å²) in [5.74, 6) is -0.171. The van der Waals surface area contributed by atoms with E-state index in [1.54, 1.807) is 0 Å². The summed E-state index contributed by atoms with van der Waals surface area (Å²) in [5, 5.41) is 0. The van der Waals surface area contributed by atoms with Crippen molar-refractivity contribution in [3.05, 3.63) is 0 Å². The molecule has 0 aromatic rings. The molecule has 1 heterocycles. The highest BCUT2D eigenvalue weighted by Crippen LogP contribution is 2.36. The van der Waals surface area contributed by atoms with Crippen LogP contribution < -0.4 is 0 Å². The van der Waals surface area contributed by atoms with Gasteiger partial charge in [0.25, 0.3) is 0 Å². The molecule has 0 unspecified atom stereocenters. The zero-order valence-corrected chi connectivity index (χ0v) is 7.84. The first-order valence-electron chi connectivity index (χ1n) is 5.13. The Balaban J connectivity index is 1.97. The summed E-state index contributed by atoms with van der Waals surface area (Å²) in [6.45, 7) is 3.04. The van der Waals surface area contributed by atoms with Gasteiger partial charge in [0.2, 0.25) is 0 Å². The fourth-order valence-corrected chi connectivity index (χ4v) is 2.22. The van der Waals surface area contributed by atoms with E-state index in [-0.39, 0.29) is 5.79 Å². The average molecular weight is 170 g/mol. The van der Waals surface area contributed by atoms with Gasteiger partial charge in [-0.05, 0) is 26.2 Å². The molecule has 1 saturated heterocycles. The lowest BCUT2D eigenvalue weighted by Gasteiger charge is -2.42. The maximum absolute atomic E-state index is 5.89. The summed E-state index contributed by atoms with van der Waals surface area (Å²) >= 11 is 0. The molecule has 0 amide bonds. The van der Waals surface area contributed by atoms with Crippen molar-refractivity contribution in [1.29, 1.82) is 0 Å². The molecule has 2 heteroatoms. The van der Waals surface area contributed by atoms with Crippen LogP contribution in [0.5, 0.6) is 0 Å². The Bertz CT molecular complexity index is 144. The molecule has 0 radical (unpaired) electrons. The fraction of sp³-hybridized carbons (Fsp3) is 1.00. The summed E-state index contributed by atoms with van der Waals surface area (Å²) in [6.07, 6.45) is 7.57. The third kappa shape index (κ3) is 1.64. The molecular formula is C10H18O2. The first-order chi connectivity index (χ1) is 5.81. The third-order valence-corrected chi connectivity index (χ3v) is 2.92. The van der Waals surface area contributed by atoms with E-state index in [0.29, 0.717) is 6.10 Å². The van der Waals surface area contributed by atoms with Gasteiger partial charge in [-0.2, -0.15) is 0 Å². The molecule has 0 bridgehead atoms. The van der Waals surface area contributed by atoms with Crippen molar-refractivity contribution in [3.63, 3.8) is 0 Å². The van der Waals surface area contributed by atoms with E-state index >= 15 is 0 Å². The lowest BCUT2D eigenvalue weighted by Crippen LogP contribution is -2.45. The van der Waals surface area contributed by atoms with Crippen LogP contribution in [-0.2, 0) is 9.47 Å². The highest BCUT2D eigenvalue weighted by molar-refractivity contribution is 4.79. The molecule has 1 aliphatic heterocycles. The molecule has 2 aliphatic rings. The lowest BCUT2D eigenvalue weighted by atomic mass is 9.93. The largest absolute Gasteiger partial charge is 0.350 e. The van der Waals surface area contributed by atoms with Gasteiger partial charge in [-0.15, -0.1) is 0 Å². The second-order valence-electron chi connectivity index (χ2n) is 4.04. The molecule has 12 heavy (non-hydrogen) atoms. The zero-order valence-electron chi connectivity index (χ0n) is 7.84. The van der Waals surface area contributed by atoms with Crippen molar-refractivity contribution in [2.45, 2.75) is 57.3 Å². The highest BCUT2D eigenvalue weighted by Gasteiger charge is 2.37. The van der Waals surface area contributed by atoms with Gasteiger partial charge in [-0.1, -0.05) is 6.42 Å². The van der Waals surface area contributed by atoms with Crippen LogP contribution in [0.2, 0.25) is 0 Å². The normalized spacial score (nSPS) is 35.2. The Hall–Kier alpha value is -0.0800. The zero-order chi connectivity index (χ0) is 8.44. The third-order valence-electron chi connectivity index (χ3n) is 2.92. The number of hydrogen-bond acceptors (Lipinski definition) is 2. The summed E-state index contributed by atoms with van der Waals surface area (Å²) in [4.78, 5) is 0. The molecule has 0 aromatic heterocycles. The highest BCUT2D eigenvalue weighted by atomic mass is 16.7. The molecule has 1 atom stereocenters. The minimum Gasteiger partial charge on any atom is -0.350 e. The van der Waals surface area contributed by atoms with E-state index in [1.807, 2.05) is 0 Å². The monoisotopic (exact) mass is 170 g/mol. The summed E-state index contributed by atoms with van der Waals surface area (Å²) < 4.78 is 11.6. The number of hydrogen-bond donors (Lipinski definition) is 0. The molecule has 1 spiro atoms. The van der Waals surface area contributed by atoms with Gasteiger partial charge >= 0.3 is 0 Å². The molecule has 1 saturated carbocycles. The van der Waals surface area contributed by atoms with Crippen molar-refractivity contribution in [2.75, 3.05) is 6.61 Å². The van der Waals surface area contributed by atoms with Crippen molar-refractivity contribution < 1.29 is 9.47 Å².